The lowest BCUT2D eigenvalue weighted by atomic mass is 10.1. The summed E-state index contributed by atoms with van der Waals surface area (Å²) in [5.74, 6) is -1.93. The first kappa shape index (κ1) is 18.3. The first-order valence-corrected chi connectivity index (χ1v) is 8.50. The number of anilines is 1. The van der Waals surface area contributed by atoms with Crippen molar-refractivity contribution in [2.24, 2.45) is 10.9 Å². The number of nitrogens with zero attached hydrogens (tertiary/aromatic N) is 2. The van der Waals surface area contributed by atoms with Crippen molar-refractivity contribution in [3.63, 3.8) is 0 Å². The van der Waals surface area contributed by atoms with Crippen LogP contribution >= 0.6 is 0 Å². The van der Waals surface area contributed by atoms with E-state index in [2.05, 4.69) is 10.3 Å². The molecule has 1 saturated heterocycles. The van der Waals surface area contributed by atoms with Crippen molar-refractivity contribution in [1.29, 1.82) is 0 Å². The molecule has 0 bridgehead atoms. The van der Waals surface area contributed by atoms with Gasteiger partial charge in [0.05, 0.1) is 18.5 Å². The summed E-state index contributed by atoms with van der Waals surface area (Å²) in [6.45, 7) is 2.00. The third-order valence-electron chi connectivity index (χ3n) is 4.27. The summed E-state index contributed by atoms with van der Waals surface area (Å²) in [6, 6.07) is 13.1. The highest BCUT2D eigenvalue weighted by Gasteiger charge is 2.40. The van der Waals surface area contributed by atoms with Crippen LogP contribution in [0, 0.1) is 5.92 Å². The van der Waals surface area contributed by atoms with Crippen LogP contribution in [0.2, 0.25) is 0 Å². The minimum absolute atomic E-state index is 0.346. The lowest BCUT2D eigenvalue weighted by Gasteiger charge is -2.28. The van der Waals surface area contributed by atoms with Crippen LogP contribution in [0.1, 0.15) is 12.5 Å². The van der Waals surface area contributed by atoms with Crippen LogP contribution in [-0.4, -0.2) is 31.2 Å². The predicted molar refractivity (Wildman–Crippen MR) is 101 cm³/mol. The SMILES string of the molecule is CCc1ccccc1N=C[C@H]1C(=O)NC(=O)N(c2ccc(OC)cc2)C1=O. The van der Waals surface area contributed by atoms with E-state index in [0.717, 1.165) is 16.9 Å². The van der Waals surface area contributed by atoms with Gasteiger partial charge < -0.3 is 4.74 Å². The predicted octanol–water partition coefficient (Wildman–Crippen LogP) is 2.86. The highest BCUT2D eigenvalue weighted by Crippen LogP contribution is 2.24. The molecule has 27 heavy (non-hydrogen) atoms. The Labute approximate surface area is 156 Å². The molecule has 138 valence electrons. The fourth-order valence-electron chi connectivity index (χ4n) is 2.79. The summed E-state index contributed by atoms with van der Waals surface area (Å²) in [4.78, 5) is 42.4. The fraction of sp³-hybridized carbons (Fsp3) is 0.200. The number of urea groups is 1. The van der Waals surface area contributed by atoms with Gasteiger partial charge in [0.2, 0.25) is 5.91 Å². The Morgan fingerprint density at radius 2 is 1.81 bits per heavy atom. The molecule has 0 aromatic heterocycles. The van der Waals surface area contributed by atoms with Crippen LogP contribution in [0.15, 0.2) is 53.5 Å². The first-order valence-electron chi connectivity index (χ1n) is 8.50. The average Bonchev–Trinajstić information content (AvgIpc) is 2.68. The van der Waals surface area contributed by atoms with Gasteiger partial charge in [0.25, 0.3) is 5.91 Å². The molecule has 0 radical (unpaired) electrons. The number of carbonyl (C=O) groups is 3. The number of benzene rings is 2. The molecule has 1 atom stereocenters. The molecule has 0 spiro atoms. The van der Waals surface area contributed by atoms with E-state index in [-0.39, 0.29) is 0 Å². The summed E-state index contributed by atoms with van der Waals surface area (Å²) in [5.41, 5.74) is 2.03. The van der Waals surface area contributed by atoms with Gasteiger partial charge in [-0.25, -0.2) is 9.69 Å². The molecule has 1 aliphatic heterocycles. The number of amides is 4. The molecule has 1 heterocycles. The lowest BCUT2D eigenvalue weighted by Crippen LogP contribution is -2.58. The maximum Gasteiger partial charge on any atom is 0.335 e. The molecular formula is C20H19N3O4. The van der Waals surface area contributed by atoms with E-state index in [1.807, 2.05) is 31.2 Å². The monoisotopic (exact) mass is 365 g/mol. The second-order valence-corrected chi connectivity index (χ2v) is 5.90. The van der Waals surface area contributed by atoms with Gasteiger partial charge in [-0.15, -0.1) is 0 Å². The van der Waals surface area contributed by atoms with Crippen LogP contribution in [0.25, 0.3) is 0 Å². The first-order chi connectivity index (χ1) is 13.0. The largest absolute Gasteiger partial charge is 0.497 e. The van der Waals surface area contributed by atoms with Gasteiger partial charge in [-0.1, -0.05) is 25.1 Å². The maximum absolute atomic E-state index is 12.8. The van der Waals surface area contributed by atoms with E-state index in [4.69, 9.17) is 4.74 Å². The Morgan fingerprint density at radius 3 is 2.48 bits per heavy atom. The zero-order valence-corrected chi connectivity index (χ0v) is 15.0. The molecule has 0 aliphatic carbocycles. The molecule has 1 fully saturated rings. The minimum Gasteiger partial charge on any atom is -0.497 e. The maximum atomic E-state index is 12.8. The van der Waals surface area contributed by atoms with Gasteiger partial charge in [-0.2, -0.15) is 0 Å². The summed E-state index contributed by atoms with van der Waals surface area (Å²) in [6.07, 6.45) is 2.06. The van der Waals surface area contributed by atoms with Gasteiger partial charge in [0.1, 0.15) is 5.75 Å². The fourth-order valence-corrected chi connectivity index (χ4v) is 2.79. The third kappa shape index (κ3) is 3.72. The Morgan fingerprint density at radius 1 is 1.11 bits per heavy atom. The van der Waals surface area contributed by atoms with E-state index in [1.54, 1.807) is 24.3 Å². The smallest absolute Gasteiger partial charge is 0.335 e. The van der Waals surface area contributed by atoms with Crippen LogP contribution in [0.5, 0.6) is 5.75 Å². The molecule has 7 nitrogen and oxygen atoms in total. The Balaban J connectivity index is 1.89. The number of hydrogen-bond acceptors (Lipinski definition) is 5. The van der Waals surface area contributed by atoms with E-state index < -0.39 is 23.8 Å². The van der Waals surface area contributed by atoms with Crippen LogP contribution in [0.3, 0.4) is 0 Å². The van der Waals surface area contributed by atoms with Crippen molar-refractivity contribution in [3.05, 3.63) is 54.1 Å². The average molecular weight is 365 g/mol. The van der Waals surface area contributed by atoms with Gasteiger partial charge in [0, 0.05) is 6.21 Å². The van der Waals surface area contributed by atoms with Gasteiger partial charge in [-0.05, 0) is 42.3 Å². The van der Waals surface area contributed by atoms with Crippen LogP contribution in [-0.2, 0) is 16.0 Å². The number of rotatable bonds is 5. The van der Waals surface area contributed by atoms with Gasteiger partial charge >= 0.3 is 6.03 Å². The highest BCUT2D eigenvalue weighted by atomic mass is 16.5. The molecule has 0 saturated carbocycles. The number of ether oxygens (including phenoxy) is 1. The molecule has 4 amide bonds. The van der Waals surface area contributed by atoms with Crippen molar-refractivity contribution in [2.45, 2.75) is 13.3 Å². The number of aliphatic imine (C=N–C) groups is 1. The molecule has 2 aromatic rings. The lowest BCUT2D eigenvalue weighted by molar-refractivity contribution is -0.131. The standard InChI is InChI=1S/C20H19N3O4/c1-3-13-6-4-5-7-17(13)21-12-16-18(24)22-20(26)23(19(16)25)14-8-10-15(27-2)11-9-14/h4-12,16H,3H2,1-2H3,(H,22,24,26)/t16-/m0/s1. The topological polar surface area (TPSA) is 88.1 Å². The van der Waals surface area contributed by atoms with Crippen LogP contribution in [0.4, 0.5) is 16.2 Å². The van der Waals surface area contributed by atoms with Gasteiger partial charge in [-0.3, -0.25) is 19.9 Å². The molecule has 0 unspecified atom stereocenters. The van der Waals surface area contributed by atoms with E-state index in [9.17, 15) is 14.4 Å². The second-order valence-electron chi connectivity index (χ2n) is 5.90. The van der Waals surface area contributed by atoms with E-state index in [0.29, 0.717) is 17.1 Å². The highest BCUT2D eigenvalue weighted by molar-refractivity contribution is 6.32. The summed E-state index contributed by atoms with van der Waals surface area (Å²) >= 11 is 0. The third-order valence-corrected chi connectivity index (χ3v) is 4.27. The minimum atomic E-state index is -1.19. The molecule has 1 N–H and O–H groups in total. The molecule has 3 rings (SSSR count). The number of imide groups is 2. The quantitative estimate of drug-likeness (QED) is 0.652. The number of para-hydroxylation sites is 1. The Kier molecular flexibility index (Phi) is 5.30. The van der Waals surface area contributed by atoms with E-state index in [1.165, 1.54) is 13.3 Å². The molecule has 7 heteroatoms. The zero-order chi connectivity index (χ0) is 19.4. The number of barbiturate groups is 1. The number of methoxy groups -OCH3 is 1. The van der Waals surface area contributed by atoms with E-state index >= 15 is 0 Å². The van der Waals surface area contributed by atoms with Gasteiger partial charge in [0.15, 0.2) is 5.92 Å². The molecular weight excluding hydrogens is 346 g/mol. The van der Waals surface area contributed by atoms with Crippen molar-refractivity contribution in [3.8, 4) is 5.75 Å². The number of aryl methyl sites for hydroxylation is 1. The van der Waals surface area contributed by atoms with Crippen molar-refractivity contribution < 1.29 is 19.1 Å². The number of hydrogen-bond donors (Lipinski definition) is 1. The summed E-state index contributed by atoms with van der Waals surface area (Å²) < 4.78 is 5.08. The Bertz CT molecular complexity index is 906. The van der Waals surface area contributed by atoms with Crippen molar-refractivity contribution >= 4 is 35.4 Å². The second kappa shape index (κ2) is 7.82. The molecule has 2 aromatic carbocycles. The Hall–Kier alpha value is -3.48. The number of nitrogens with one attached hydrogen (secondary N) is 1. The number of carbonyl (C=O) groups excluding carboxylic acids is 3. The normalized spacial score (nSPS) is 17.3. The van der Waals surface area contributed by atoms with Crippen molar-refractivity contribution in [2.75, 3.05) is 12.0 Å². The summed E-state index contributed by atoms with van der Waals surface area (Å²) in [5, 5.41) is 2.21. The van der Waals surface area contributed by atoms with Crippen LogP contribution < -0.4 is 15.0 Å². The molecule has 1 aliphatic rings. The zero-order valence-electron chi connectivity index (χ0n) is 15.0. The summed E-state index contributed by atoms with van der Waals surface area (Å²) in [7, 11) is 1.52. The van der Waals surface area contributed by atoms with Crippen molar-refractivity contribution in [1.82, 2.24) is 5.32 Å².